The average Bonchev–Trinajstić information content (AvgIpc) is 3.22. The van der Waals surface area contributed by atoms with Crippen molar-refractivity contribution < 1.29 is 19.1 Å². The lowest BCUT2D eigenvalue weighted by atomic mass is 10.0. The Labute approximate surface area is 320 Å². The maximum absolute atomic E-state index is 14.7. The van der Waals surface area contributed by atoms with Crippen molar-refractivity contribution in [3.63, 3.8) is 0 Å². The Balaban J connectivity index is 1.24. The van der Waals surface area contributed by atoms with Gasteiger partial charge in [-0.15, -0.1) is 0 Å². The van der Waals surface area contributed by atoms with Crippen molar-refractivity contribution in [1.29, 1.82) is 0 Å². The fourth-order valence-electron chi connectivity index (χ4n) is 7.14. The Bertz CT molecular complexity index is 1820. The predicted octanol–water partition coefficient (Wildman–Crippen LogP) is 6.14. The van der Waals surface area contributed by atoms with Crippen molar-refractivity contribution >= 4 is 29.5 Å². The van der Waals surface area contributed by atoms with E-state index in [1.807, 2.05) is 76.5 Å². The third-order valence-electron chi connectivity index (χ3n) is 10.3. The van der Waals surface area contributed by atoms with Crippen LogP contribution in [0.25, 0.3) is 6.08 Å². The van der Waals surface area contributed by atoms with Crippen LogP contribution in [0, 0.1) is 0 Å². The summed E-state index contributed by atoms with van der Waals surface area (Å²) in [6.07, 6.45) is 4.74. The zero-order chi connectivity index (χ0) is 37.7. The van der Waals surface area contributed by atoms with Crippen LogP contribution < -0.4 is 9.64 Å². The van der Waals surface area contributed by atoms with Crippen LogP contribution in [-0.2, 0) is 33.9 Å². The molecule has 9 heteroatoms. The maximum Gasteiger partial charge on any atom is 0.247 e. The highest BCUT2D eigenvalue weighted by Crippen LogP contribution is 2.23. The van der Waals surface area contributed by atoms with Crippen LogP contribution in [-0.4, -0.2) is 102 Å². The summed E-state index contributed by atoms with van der Waals surface area (Å²) in [5.74, 6) is 0.652. The number of carbonyl (C=O) groups is 3. The van der Waals surface area contributed by atoms with Crippen LogP contribution in [0.1, 0.15) is 42.5 Å². The van der Waals surface area contributed by atoms with Crippen LogP contribution in [0.2, 0.25) is 0 Å². The molecule has 54 heavy (non-hydrogen) atoms. The summed E-state index contributed by atoms with van der Waals surface area (Å²) in [5.41, 5.74) is 5.16. The molecule has 282 valence electrons. The average molecular weight is 728 g/mol. The largest absolute Gasteiger partial charge is 0.494 e. The summed E-state index contributed by atoms with van der Waals surface area (Å²) in [6.45, 7) is 11.2. The first-order valence-corrected chi connectivity index (χ1v) is 19.3. The molecule has 0 radical (unpaired) electrons. The molecule has 3 amide bonds. The molecule has 4 aromatic carbocycles. The van der Waals surface area contributed by atoms with E-state index in [9.17, 15) is 14.4 Å². The summed E-state index contributed by atoms with van der Waals surface area (Å²) in [4.78, 5) is 51.2. The zero-order valence-electron chi connectivity index (χ0n) is 31.7. The fourth-order valence-corrected chi connectivity index (χ4v) is 7.14. The van der Waals surface area contributed by atoms with E-state index in [0.717, 1.165) is 67.3 Å². The van der Waals surface area contributed by atoms with Gasteiger partial charge in [0, 0.05) is 90.6 Å². The molecular weight excluding hydrogens is 675 g/mol. The Morgan fingerprint density at radius 3 is 1.93 bits per heavy atom. The first-order valence-electron chi connectivity index (χ1n) is 19.3. The number of rotatable bonds is 14. The van der Waals surface area contributed by atoms with Crippen LogP contribution >= 0.6 is 0 Å². The van der Waals surface area contributed by atoms with Crippen molar-refractivity contribution in [2.24, 2.45) is 0 Å². The molecule has 2 saturated heterocycles. The topological polar surface area (TPSA) is 76.6 Å². The van der Waals surface area contributed by atoms with Crippen molar-refractivity contribution in [3.05, 3.63) is 138 Å². The molecule has 0 aliphatic carbocycles. The van der Waals surface area contributed by atoms with Gasteiger partial charge >= 0.3 is 0 Å². The number of benzene rings is 4. The smallest absolute Gasteiger partial charge is 0.247 e. The number of piperazine rings is 2. The second-order valence-electron chi connectivity index (χ2n) is 14.2. The first kappa shape index (κ1) is 38.3. The van der Waals surface area contributed by atoms with E-state index >= 15 is 0 Å². The Morgan fingerprint density at radius 1 is 0.704 bits per heavy atom. The highest BCUT2D eigenvalue weighted by atomic mass is 16.5. The van der Waals surface area contributed by atoms with Gasteiger partial charge < -0.3 is 24.3 Å². The van der Waals surface area contributed by atoms with Gasteiger partial charge in [-0.1, -0.05) is 91.9 Å². The number of nitrogens with zero attached hydrogens (tertiary/aromatic N) is 5. The SMILES string of the molecule is CCCOc1ccc(/C=C/C(=O)N(Cc2ccc(N3CCN(C(C)=O)CC3)cc2)[C@@H](Cc2ccccc2)C(=O)N2CCN(Cc3ccccc3)CC2)cc1. The quantitative estimate of drug-likeness (QED) is 0.145. The van der Waals surface area contributed by atoms with Crippen molar-refractivity contribution in [1.82, 2.24) is 19.6 Å². The van der Waals surface area contributed by atoms with Gasteiger partial charge in [0.15, 0.2) is 0 Å². The molecule has 0 unspecified atom stereocenters. The van der Waals surface area contributed by atoms with Crippen molar-refractivity contribution in [2.75, 3.05) is 63.9 Å². The minimum absolute atomic E-state index is 0.0302. The molecule has 0 saturated carbocycles. The number of hydrogen-bond donors (Lipinski definition) is 0. The zero-order valence-corrected chi connectivity index (χ0v) is 31.7. The maximum atomic E-state index is 14.7. The van der Waals surface area contributed by atoms with Gasteiger partial charge in [-0.05, 0) is 59.0 Å². The van der Waals surface area contributed by atoms with Gasteiger partial charge in [-0.3, -0.25) is 19.3 Å². The Morgan fingerprint density at radius 2 is 1.31 bits per heavy atom. The molecule has 9 nitrogen and oxygen atoms in total. The summed E-state index contributed by atoms with van der Waals surface area (Å²) in [7, 11) is 0. The van der Waals surface area contributed by atoms with E-state index in [0.29, 0.717) is 39.2 Å². The predicted molar refractivity (Wildman–Crippen MR) is 215 cm³/mol. The standard InChI is InChI=1S/C45H53N5O4/c1-3-32-54-42-21-16-37(17-22-42)18-23-44(52)50(35-40-14-19-41(20-15-40)48-30-28-47(29-31-48)36(2)51)43(33-38-10-6-4-7-11-38)45(53)49-26-24-46(25-27-49)34-39-12-8-5-9-13-39/h4-23,43H,3,24-35H2,1-2H3/b23-18+/t43-/m0/s1. The first-order chi connectivity index (χ1) is 26.4. The lowest BCUT2D eigenvalue weighted by Crippen LogP contribution is -2.56. The van der Waals surface area contributed by atoms with Gasteiger partial charge in [0.05, 0.1) is 6.61 Å². The third-order valence-corrected chi connectivity index (χ3v) is 10.3. The van der Waals surface area contributed by atoms with Gasteiger partial charge in [0.1, 0.15) is 11.8 Å². The monoisotopic (exact) mass is 727 g/mol. The summed E-state index contributed by atoms with van der Waals surface area (Å²) >= 11 is 0. The Hall–Kier alpha value is -5.41. The van der Waals surface area contributed by atoms with Gasteiger partial charge in [-0.25, -0.2) is 0 Å². The highest BCUT2D eigenvalue weighted by molar-refractivity contribution is 5.96. The van der Waals surface area contributed by atoms with Crippen LogP contribution in [0.15, 0.2) is 115 Å². The van der Waals surface area contributed by atoms with Gasteiger partial charge in [0.25, 0.3) is 0 Å². The lowest BCUT2D eigenvalue weighted by Gasteiger charge is -2.39. The Kier molecular flexibility index (Phi) is 13.5. The van der Waals surface area contributed by atoms with E-state index in [-0.39, 0.29) is 24.3 Å². The molecule has 2 aliphatic heterocycles. The molecule has 4 aromatic rings. The van der Waals surface area contributed by atoms with Crippen molar-refractivity contribution in [3.8, 4) is 5.75 Å². The van der Waals surface area contributed by atoms with Crippen LogP contribution in [0.3, 0.4) is 0 Å². The van der Waals surface area contributed by atoms with Gasteiger partial charge in [-0.2, -0.15) is 0 Å². The molecule has 1 atom stereocenters. The van der Waals surface area contributed by atoms with Crippen LogP contribution in [0.5, 0.6) is 5.75 Å². The highest BCUT2D eigenvalue weighted by Gasteiger charge is 2.34. The number of ether oxygens (including phenoxy) is 1. The van der Waals surface area contributed by atoms with E-state index in [1.54, 1.807) is 17.9 Å². The van der Waals surface area contributed by atoms with E-state index in [4.69, 9.17) is 4.74 Å². The minimum Gasteiger partial charge on any atom is -0.494 e. The van der Waals surface area contributed by atoms with E-state index in [1.165, 1.54) is 5.56 Å². The summed E-state index contributed by atoms with van der Waals surface area (Å²) in [5, 5.41) is 0. The molecule has 0 aromatic heterocycles. The van der Waals surface area contributed by atoms with Crippen molar-refractivity contribution in [2.45, 2.75) is 45.8 Å². The van der Waals surface area contributed by atoms with Crippen LogP contribution in [0.4, 0.5) is 5.69 Å². The minimum atomic E-state index is -0.700. The second-order valence-corrected chi connectivity index (χ2v) is 14.2. The number of anilines is 1. The number of hydrogen-bond acceptors (Lipinski definition) is 6. The molecule has 0 bridgehead atoms. The lowest BCUT2D eigenvalue weighted by molar-refractivity contribution is -0.145. The van der Waals surface area contributed by atoms with Gasteiger partial charge in [0.2, 0.25) is 17.7 Å². The summed E-state index contributed by atoms with van der Waals surface area (Å²) in [6, 6.07) is 35.7. The summed E-state index contributed by atoms with van der Waals surface area (Å²) < 4.78 is 5.75. The number of carbonyl (C=O) groups excluding carboxylic acids is 3. The normalized spacial score (nSPS) is 15.6. The second kappa shape index (κ2) is 19.1. The molecule has 0 spiro atoms. The molecule has 2 fully saturated rings. The van der Waals surface area contributed by atoms with E-state index < -0.39 is 6.04 Å². The molecular formula is C45H53N5O4. The fraction of sp³-hybridized carbons (Fsp3) is 0.356. The van der Waals surface area contributed by atoms with E-state index in [2.05, 4.69) is 65.3 Å². The molecule has 2 aliphatic rings. The molecule has 0 N–H and O–H groups in total. The molecule has 6 rings (SSSR count). The number of amides is 3. The third kappa shape index (κ3) is 10.6. The molecule has 2 heterocycles.